The Kier molecular flexibility index (Phi) is 5.45. The van der Waals surface area contributed by atoms with E-state index in [1.807, 2.05) is 31.4 Å². The van der Waals surface area contributed by atoms with Crippen LogP contribution in [-0.2, 0) is 11.3 Å². The number of rotatable bonds is 7. The highest BCUT2D eigenvalue weighted by Gasteiger charge is 2.33. The minimum atomic E-state index is 0.0995. The molecule has 2 aromatic heterocycles. The fraction of sp³-hybridized carbons (Fsp3) is 0.368. The minimum absolute atomic E-state index is 0.0995. The number of anilines is 2. The van der Waals surface area contributed by atoms with E-state index in [4.69, 9.17) is 4.74 Å². The molecule has 0 saturated carbocycles. The number of hydrogen-bond acceptors (Lipinski definition) is 8. The van der Waals surface area contributed by atoms with Crippen molar-refractivity contribution in [2.45, 2.75) is 18.7 Å². The first-order valence-electron chi connectivity index (χ1n) is 9.24. The molecule has 2 N–H and O–H groups in total. The molecule has 1 aromatic carbocycles. The van der Waals surface area contributed by atoms with E-state index in [2.05, 4.69) is 47.9 Å². The lowest BCUT2D eigenvalue weighted by molar-refractivity contribution is 0.0967. The SMILES string of the molecule is CNc1nccc(N2C[C@H](OC)[C@H](NCc3ccc(-n4ccnn4)cc3)C2)n1. The van der Waals surface area contributed by atoms with Gasteiger partial charge in [0.25, 0.3) is 0 Å². The molecule has 3 aromatic rings. The lowest BCUT2D eigenvalue weighted by atomic mass is 10.1. The Bertz CT molecular complexity index is 883. The third-order valence-electron chi connectivity index (χ3n) is 4.95. The quantitative estimate of drug-likeness (QED) is 0.629. The van der Waals surface area contributed by atoms with Gasteiger partial charge < -0.3 is 20.3 Å². The molecule has 9 heteroatoms. The van der Waals surface area contributed by atoms with E-state index in [0.717, 1.165) is 31.1 Å². The molecule has 0 bridgehead atoms. The first-order chi connectivity index (χ1) is 13.8. The van der Waals surface area contributed by atoms with Crippen LogP contribution in [0, 0.1) is 0 Å². The zero-order chi connectivity index (χ0) is 19.3. The Morgan fingerprint density at radius 2 is 2.00 bits per heavy atom. The molecule has 3 heterocycles. The molecule has 1 fully saturated rings. The summed E-state index contributed by atoms with van der Waals surface area (Å²) in [7, 11) is 3.58. The summed E-state index contributed by atoms with van der Waals surface area (Å²) in [5, 5.41) is 14.5. The Hall–Kier alpha value is -3.04. The molecule has 1 aliphatic rings. The molecule has 0 radical (unpaired) electrons. The van der Waals surface area contributed by atoms with E-state index in [1.54, 1.807) is 24.2 Å². The van der Waals surface area contributed by atoms with Gasteiger partial charge in [-0.15, -0.1) is 5.10 Å². The largest absolute Gasteiger partial charge is 0.378 e. The highest BCUT2D eigenvalue weighted by Crippen LogP contribution is 2.21. The van der Waals surface area contributed by atoms with Gasteiger partial charge >= 0.3 is 0 Å². The highest BCUT2D eigenvalue weighted by molar-refractivity contribution is 5.44. The Morgan fingerprint density at radius 3 is 2.71 bits per heavy atom. The Labute approximate surface area is 163 Å². The lowest BCUT2D eigenvalue weighted by Gasteiger charge is -2.18. The van der Waals surface area contributed by atoms with Crippen LogP contribution in [0.5, 0.6) is 0 Å². The van der Waals surface area contributed by atoms with Crippen LogP contribution in [0.15, 0.2) is 48.9 Å². The number of nitrogens with one attached hydrogen (secondary N) is 2. The fourth-order valence-corrected chi connectivity index (χ4v) is 3.40. The zero-order valence-corrected chi connectivity index (χ0v) is 16.0. The summed E-state index contributed by atoms with van der Waals surface area (Å²) in [6.07, 6.45) is 5.37. The molecule has 146 valence electrons. The summed E-state index contributed by atoms with van der Waals surface area (Å²) in [6, 6.07) is 10.4. The van der Waals surface area contributed by atoms with Gasteiger partial charge in [-0.1, -0.05) is 17.3 Å². The number of hydrogen-bond donors (Lipinski definition) is 2. The first-order valence-corrected chi connectivity index (χ1v) is 9.24. The van der Waals surface area contributed by atoms with Crippen LogP contribution in [0.4, 0.5) is 11.8 Å². The second kappa shape index (κ2) is 8.32. The van der Waals surface area contributed by atoms with Crippen molar-refractivity contribution in [3.05, 3.63) is 54.5 Å². The number of nitrogens with zero attached hydrogens (tertiary/aromatic N) is 6. The van der Waals surface area contributed by atoms with E-state index < -0.39 is 0 Å². The molecule has 0 aliphatic carbocycles. The molecule has 1 aliphatic heterocycles. The second-order valence-corrected chi connectivity index (χ2v) is 6.67. The number of aromatic nitrogens is 5. The van der Waals surface area contributed by atoms with Crippen LogP contribution >= 0.6 is 0 Å². The maximum atomic E-state index is 5.71. The summed E-state index contributed by atoms with van der Waals surface area (Å²) < 4.78 is 7.45. The van der Waals surface area contributed by atoms with Crippen LogP contribution in [0.2, 0.25) is 0 Å². The second-order valence-electron chi connectivity index (χ2n) is 6.67. The van der Waals surface area contributed by atoms with Crippen LogP contribution in [0.3, 0.4) is 0 Å². The van der Waals surface area contributed by atoms with E-state index in [0.29, 0.717) is 5.95 Å². The summed E-state index contributed by atoms with van der Waals surface area (Å²) >= 11 is 0. The van der Waals surface area contributed by atoms with Crippen LogP contribution in [0.1, 0.15) is 5.56 Å². The average Bonchev–Trinajstić information content (AvgIpc) is 3.42. The molecule has 0 amide bonds. The number of ether oxygens (including phenoxy) is 1. The fourth-order valence-electron chi connectivity index (χ4n) is 3.40. The van der Waals surface area contributed by atoms with Crippen molar-refractivity contribution in [3.8, 4) is 5.69 Å². The predicted molar refractivity (Wildman–Crippen MR) is 107 cm³/mol. The predicted octanol–water partition coefficient (Wildman–Crippen LogP) is 1.09. The normalized spacial score (nSPS) is 19.1. The Morgan fingerprint density at radius 1 is 1.14 bits per heavy atom. The first kappa shape index (κ1) is 18.3. The van der Waals surface area contributed by atoms with Crippen molar-refractivity contribution in [3.63, 3.8) is 0 Å². The smallest absolute Gasteiger partial charge is 0.224 e. The molecular formula is C19H24N8O. The van der Waals surface area contributed by atoms with Gasteiger partial charge in [-0.05, 0) is 23.8 Å². The van der Waals surface area contributed by atoms with Crippen molar-refractivity contribution in [1.82, 2.24) is 30.3 Å². The van der Waals surface area contributed by atoms with E-state index in [9.17, 15) is 0 Å². The van der Waals surface area contributed by atoms with E-state index in [-0.39, 0.29) is 12.1 Å². The van der Waals surface area contributed by atoms with Crippen molar-refractivity contribution in [2.75, 3.05) is 37.5 Å². The maximum absolute atomic E-state index is 5.71. The summed E-state index contributed by atoms with van der Waals surface area (Å²) in [5.41, 5.74) is 2.20. The maximum Gasteiger partial charge on any atom is 0.224 e. The third kappa shape index (κ3) is 3.95. The zero-order valence-electron chi connectivity index (χ0n) is 16.0. The molecule has 0 spiro atoms. The molecule has 2 atom stereocenters. The Balaban J connectivity index is 1.38. The van der Waals surface area contributed by atoms with Crippen LogP contribution in [0.25, 0.3) is 5.69 Å². The standard InChI is InChI=1S/C19H24N8O/c1-20-19-21-8-7-18(24-19)26-12-16(17(13-26)28-2)22-11-14-3-5-15(6-4-14)27-10-9-23-25-27/h3-10,16-17,22H,11-13H2,1-2H3,(H,20,21,24)/t16-,17+/m1/s1. The van der Waals surface area contributed by atoms with Crippen LogP contribution < -0.4 is 15.5 Å². The van der Waals surface area contributed by atoms with E-state index >= 15 is 0 Å². The lowest BCUT2D eigenvalue weighted by Crippen LogP contribution is -2.39. The molecule has 0 unspecified atom stereocenters. The summed E-state index contributed by atoms with van der Waals surface area (Å²) in [6.45, 7) is 2.39. The average molecular weight is 380 g/mol. The number of methoxy groups -OCH3 is 1. The minimum Gasteiger partial charge on any atom is -0.378 e. The van der Waals surface area contributed by atoms with Gasteiger partial charge in [0.15, 0.2) is 0 Å². The van der Waals surface area contributed by atoms with Gasteiger partial charge in [-0.25, -0.2) is 9.67 Å². The van der Waals surface area contributed by atoms with Crippen molar-refractivity contribution >= 4 is 11.8 Å². The monoisotopic (exact) mass is 380 g/mol. The van der Waals surface area contributed by atoms with Gasteiger partial charge in [0.1, 0.15) is 5.82 Å². The molecule has 1 saturated heterocycles. The summed E-state index contributed by atoms with van der Waals surface area (Å²) in [5.74, 6) is 1.53. The summed E-state index contributed by atoms with van der Waals surface area (Å²) in [4.78, 5) is 10.9. The molecule has 28 heavy (non-hydrogen) atoms. The highest BCUT2D eigenvalue weighted by atomic mass is 16.5. The van der Waals surface area contributed by atoms with Crippen LogP contribution in [-0.4, -0.2) is 64.4 Å². The van der Waals surface area contributed by atoms with Crippen molar-refractivity contribution in [1.29, 1.82) is 0 Å². The van der Waals surface area contributed by atoms with Gasteiger partial charge in [-0.3, -0.25) is 0 Å². The van der Waals surface area contributed by atoms with Crippen molar-refractivity contribution < 1.29 is 4.74 Å². The van der Waals surface area contributed by atoms with Gasteiger partial charge in [0, 0.05) is 40.0 Å². The number of benzene rings is 1. The van der Waals surface area contributed by atoms with Crippen molar-refractivity contribution in [2.24, 2.45) is 0 Å². The molecule has 4 rings (SSSR count). The third-order valence-corrected chi connectivity index (χ3v) is 4.95. The van der Waals surface area contributed by atoms with Gasteiger partial charge in [0.2, 0.25) is 5.95 Å². The molecule has 9 nitrogen and oxygen atoms in total. The topological polar surface area (TPSA) is 93.0 Å². The molecular weight excluding hydrogens is 356 g/mol. The van der Waals surface area contributed by atoms with Gasteiger partial charge in [0.05, 0.1) is 30.2 Å². The van der Waals surface area contributed by atoms with E-state index in [1.165, 1.54) is 5.56 Å². The van der Waals surface area contributed by atoms with Gasteiger partial charge in [-0.2, -0.15) is 4.98 Å².